The summed E-state index contributed by atoms with van der Waals surface area (Å²) in [6.07, 6.45) is 0. The van der Waals surface area contributed by atoms with E-state index in [-0.39, 0.29) is 5.91 Å². The van der Waals surface area contributed by atoms with Crippen LogP contribution in [0.25, 0.3) is 21.1 Å². The number of anilines is 1. The molecule has 0 aliphatic carbocycles. The first-order chi connectivity index (χ1) is 16.6. The fourth-order valence-corrected chi connectivity index (χ4v) is 5.75. The number of rotatable bonds is 6. The fourth-order valence-electron chi connectivity index (χ4n) is 3.92. The summed E-state index contributed by atoms with van der Waals surface area (Å²) >= 11 is 3.13. The summed E-state index contributed by atoms with van der Waals surface area (Å²) in [7, 11) is 0. The lowest BCUT2D eigenvalue weighted by Crippen LogP contribution is -2.49. The van der Waals surface area contributed by atoms with Gasteiger partial charge in [-0.15, -0.1) is 32.9 Å². The Hall–Kier alpha value is -3.30. The molecule has 9 heteroatoms. The lowest BCUT2D eigenvalue weighted by atomic mass is 10.1. The van der Waals surface area contributed by atoms with Crippen molar-refractivity contribution < 1.29 is 9.53 Å². The van der Waals surface area contributed by atoms with Crippen molar-refractivity contribution in [3.8, 4) is 26.9 Å². The van der Waals surface area contributed by atoms with E-state index in [1.165, 1.54) is 11.3 Å². The van der Waals surface area contributed by atoms with Crippen LogP contribution in [0.4, 0.5) is 5.82 Å². The molecule has 1 saturated heterocycles. The summed E-state index contributed by atoms with van der Waals surface area (Å²) in [5.74, 6) is 1.74. The number of carbonyl (C=O) groups is 1. The topological polar surface area (TPSA) is 71.5 Å². The third-order valence-electron chi connectivity index (χ3n) is 5.73. The molecule has 7 nitrogen and oxygen atoms in total. The van der Waals surface area contributed by atoms with Crippen molar-refractivity contribution in [2.24, 2.45) is 0 Å². The van der Waals surface area contributed by atoms with E-state index in [9.17, 15) is 4.79 Å². The first kappa shape index (κ1) is 22.5. The maximum absolute atomic E-state index is 13.2. The molecule has 0 N–H and O–H groups in total. The van der Waals surface area contributed by atoms with Gasteiger partial charge in [-0.2, -0.15) is 0 Å². The summed E-state index contributed by atoms with van der Waals surface area (Å²) in [6, 6.07) is 15.9. The Morgan fingerprint density at radius 1 is 1.03 bits per heavy atom. The first-order valence-electron chi connectivity index (χ1n) is 11.2. The molecule has 1 amide bonds. The quantitative estimate of drug-likeness (QED) is 0.378. The first-order valence-corrected chi connectivity index (χ1v) is 12.9. The van der Waals surface area contributed by atoms with Crippen molar-refractivity contribution in [2.75, 3.05) is 37.7 Å². The van der Waals surface area contributed by atoms with Gasteiger partial charge < -0.3 is 14.5 Å². The average molecular weight is 492 g/mol. The Balaban J connectivity index is 1.21. The van der Waals surface area contributed by atoms with E-state index in [2.05, 4.69) is 20.1 Å². The second-order valence-corrected chi connectivity index (χ2v) is 9.87. The number of ether oxygens (including phenoxy) is 1. The van der Waals surface area contributed by atoms with Crippen molar-refractivity contribution in [2.45, 2.75) is 13.8 Å². The highest BCUT2D eigenvalue weighted by Crippen LogP contribution is 2.32. The minimum Gasteiger partial charge on any atom is -0.494 e. The third kappa shape index (κ3) is 4.67. The predicted molar refractivity (Wildman–Crippen MR) is 137 cm³/mol. The predicted octanol–water partition coefficient (Wildman–Crippen LogP) is 5.00. The van der Waals surface area contributed by atoms with E-state index in [0.29, 0.717) is 19.7 Å². The summed E-state index contributed by atoms with van der Waals surface area (Å²) in [5.41, 5.74) is 2.62. The molecular weight excluding hydrogens is 466 g/mol. The van der Waals surface area contributed by atoms with Gasteiger partial charge in [-0.05, 0) is 61.7 Å². The molecule has 1 aliphatic rings. The molecule has 0 spiro atoms. The van der Waals surface area contributed by atoms with Gasteiger partial charge in [0, 0.05) is 31.7 Å². The minimum absolute atomic E-state index is 0.0642. The van der Waals surface area contributed by atoms with Gasteiger partial charge in [-0.3, -0.25) is 4.79 Å². The van der Waals surface area contributed by atoms with Gasteiger partial charge >= 0.3 is 0 Å². The molecule has 174 valence electrons. The molecule has 0 atom stereocenters. The number of aryl methyl sites for hydroxylation is 1. The Labute approximate surface area is 206 Å². The zero-order valence-corrected chi connectivity index (χ0v) is 20.7. The number of thiophene rings is 1. The van der Waals surface area contributed by atoms with E-state index in [4.69, 9.17) is 4.74 Å². The monoisotopic (exact) mass is 491 g/mol. The number of hydrogen-bond acceptors (Lipinski definition) is 8. The summed E-state index contributed by atoms with van der Waals surface area (Å²) in [4.78, 5) is 23.7. The molecule has 4 heterocycles. The summed E-state index contributed by atoms with van der Waals surface area (Å²) in [6.45, 7) is 7.26. The average Bonchev–Trinajstić information content (AvgIpc) is 3.55. The Kier molecular flexibility index (Phi) is 6.55. The molecule has 1 fully saturated rings. The smallest absolute Gasteiger partial charge is 0.265 e. The maximum Gasteiger partial charge on any atom is 0.265 e. The second kappa shape index (κ2) is 9.90. The molecule has 3 aromatic heterocycles. The second-order valence-electron chi connectivity index (χ2n) is 7.92. The standard InChI is InChI=1S/C25H25N5O2S2/c1-3-32-19-8-6-18(7-9-19)20-10-11-22(28-27-20)29-12-14-30(15-13-29)25(31)23-17(2)26-24(34-23)21-5-4-16-33-21/h4-11,16H,3,12-15H2,1-2H3. The van der Waals surface area contributed by atoms with Gasteiger partial charge in [0.1, 0.15) is 15.6 Å². The van der Waals surface area contributed by atoms with Crippen molar-refractivity contribution in [3.63, 3.8) is 0 Å². The van der Waals surface area contributed by atoms with E-state index in [0.717, 1.165) is 56.4 Å². The van der Waals surface area contributed by atoms with Crippen LogP contribution in [-0.2, 0) is 0 Å². The molecule has 1 aromatic carbocycles. The minimum atomic E-state index is 0.0642. The SMILES string of the molecule is CCOc1ccc(-c2ccc(N3CCN(C(=O)c4sc(-c5cccs5)nc4C)CC3)nn2)cc1. The van der Waals surface area contributed by atoms with E-state index >= 15 is 0 Å². The van der Waals surface area contributed by atoms with Crippen LogP contribution < -0.4 is 9.64 Å². The van der Waals surface area contributed by atoms with Crippen LogP contribution in [0.3, 0.4) is 0 Å². The van der Waals surface area contributed by atoms with Crippen LogP contribution >= 0.6 is 22.7 Å². The fraction of sp³-hybridized carbons (Fsp3) is 0.280. The van der Waals surface area contributed by atoms with Gasteiger partial charge in [0.15, 0.2) is 5.82 Å². The van der Waals surface area contributed by atoms with Gasteiger partial charge in [-0.25, -0.2) is 4.98 Å². The number of amides is 1. The largest absolute Gasteiger partial charge is 0.494 e. The van der Waals surface area contributed by atoms with E-state index in [1.807, 2.05) is 72.7 Å². The molecule has 0 unspecified atom stereocenters. The molecular formula is C25H25N5O2S2. The van der Waals surface area contributed by atoms with Gasteiger partial charge in [-0.1, -0.05) is 6.07 Å². The number of nitrogens with zero attached hydrogens (tertiary/aromatic N) is 5. The Morgan fingerprint density at radius 2 is 1.82 bits per heavy atom. The van der Waals surface area contributed by atoms with Crippen molar-refractivity contribution in [3.05, 3.63) is 64.5 Å². The van der Waals surface area contributed by atoms with Crippen LogP contribution in [0.1, 0.15) is 22.3 Å². The molecule has 4 aromatic rings. The highest BCUT2D eigenvalue weighted by atomic mass is 32.1. The molecule has 34 heavy (non-hydrogen) atoms. The summed E-state index contributed by atoms with van der Waals surface area (Å²) in [5, 5.41) is 11.8. The van der Waals surface area contributed by atoms with Crippen molar-refractivity contribution in [1.29, 1.82) is 0 Å². The van der Waals surface area contributed by atoms with Gasteiger partial charge in [0.25, 0.3) is 5.91 Å². The van der Waals surface area contributed by atoms with E-state index in [1.54, 1.807) is 11.3 Å². The van der Waals surface area contributed by atoms with Crippen LogP contribution in [0, 0.1) is 6.92 Å². The highest BCUT2D eigenvalue weighted by Gasteiger charge is 2.26. The number of thiazole rings is 1. The number of hydrogen-bond donors (Lipinski definition) is 0. The summed E-state index contributed by atoms with van der Waals surface area (Å²) < 4.78 is 5.50. The number of piperazine rings is 1. The molecule has 5 rings (SSSR count). The number of carbonyl (C=O) groups excluding carboxylic acids is 1. The van der Waals surface area contributed by atoms with Crippen LogP contribution in [0.15, 0.2) is 53.9 Å². The zero-order chi connectivity index (χ0) is 23.5. The van der Waals surface area contributed by atoms with E-state index < -0.39 is 0 Å². The third-order valence-corrected chi connectivity index (χ3v) is 7.91. The number of aromatic nitrogens is 3. The maximum atomic E-state index is 13.2. The Morgan fingerprint density at radius 3 is 2.47 bits per heavy atom. The van der Waals surface area contributed by atoms with Crippen LogP contribution in [0.5, 0.6) is 5.75 Å². The Bertz CT molecular complexity index is 1250. The van der Waals surface area contributed by atoms with Crippen molar-refractivity contribution >= 4 is 34.4 Å². The molecule has 1 aliphatic heterocycles. The molecule has 0 saturated carbocycles. The zero-order valence-electron chi connectivity index (χ0n) is 19.1. The highest BCUT2D eigenvalue weighted by molar-refractivity contribution is 7.22. The molecule has 0 radical (unpaired) electrons. The van der Waals surface area contributed by atoms with Crippen LogP contribution in [-0.4, -0.2) is 58.8 Å². The lowest BCUT2D eigenvalue weighted by molar-refractivity contribution is 0.0750. The number of benzene rings is 1. The van der Waals surface area contributed by atoms with Crippen molar-refractivity contribution in [1.82, 2.24) is 20.1 Å². The van der Waals surface area contributed by atoms with Crippen LogP contribution in [0.2, 0.25) is 0 Å². The van der Waals surface area contributed by atoms with Gasteiger partial charge in [0.05, 0.1) is 22.9 Å². The molecule has 0 bridgehead atoms. The van der Waals surface area contributed by atoms with Gasteiger partial charge in [0.2, 0.25) is 0 Å². The lowest BCUT2D eigenvalue weighted by Gasteiger charge is -2.35. The normalized spacial score (nSPS) is 13.8.